The highest BCUT2D eigenvalue weighted by molar-refractivity contribution is 6.09. The summed E-state index contributed by atoms with van der Waals surface area (Å²) in [6.07, 6.45) is 4.51. The molecule has 3 aromatic carbocycles. The van der Waals surface area contributed by atoms with Gasteiger partial charge in [-0.15, -0.1) is 0 Å². The monoisotopic (exact) mass is 476 g/mol. The van der Waals surface area contributed by atoms with Gasteiger partial charge >= 0.3 is 0 Å². The molecule has 2 amide bonds. The Balaban J connectivity index is 1.34. The Kier molecular flexibility index (Phi) is 6.76. The van der Waals surface area contributed by atoms with E-state index in [9.17, 15) is 9.59 Å². The molecule has 0 saturated heterocycles. The molecule has 0 saturated carbocycles. The summed E-state index contributed by atoms with van der Waals surface area (Å²) >= 11 is 0. The number of amides is 2. The van der Waals surface area contributed by atoms with Crippen LogP contribution in [0.5, 0.6) is 0 Å². The van der Waals surface area contributed by atoms with Gasteiger partial charge < -0.3 is 15.1 Å². The van der Waals surface area contributed by atoms with E-state index in [0.717, 1.165) is 42.0 Å². The highest BCUT2D eigenvalue weighted by Crippen LogP contribution is 2.34. The van der Waals surface area contributed by atoms with Crippen LogP contribution in [-0.2, 0) is 6.54 Å². The third-order valence-electron chi connectivity index (χ3n) is 6.44. The Morgan fingerprint density at radius 3 is 2.36 bits per heavy atom. The number of fused-ring (bicyclic) bond motifs is 1. The van der Waals surface area contributed by atoms with E-state index in [2.05, 4.69) is 27.3 Å². The molecule has 1 aromatic heterocycles. The molecule has 5 rings (SSSR count). The van der Waals surface area contributed by atoms with Gasteiger partial charge in [-0.1, -0.05) is 36.4 Å². The Morgan fingerprint density at radius 1 is 0.861 bits per heavy atom. The number of nitrogens with zero attached hydrogens (tertiary/aromatic N) is 3. The Labute approximate surface area is 211 Å². The molecule has 0 aliphatic carbocycles. The van der Waals surface area contributed by atoms with Gasteiger partial charge in [-0.3, -0.25) is 14.6 Å². The number of hydrogen-bond donors (Lipinski definition) is 1. The van der Waals surface area contributed by atoms with E-state index in [4.69, 9.17) is 0 Å². The zero-order valence-electron chi connectivity index (χ0n) is 20.2. The van der Waals surface area contributed by atoms with Crippen molar-refractivity contribution in [1.82, 2.24) is 4.98 Å². The molecule has 6 nitrogen and oxygen atoms in total. The van der Waals surface area contributed by atoms with Gasteiger partial charge in [-0.2, -0.15) is 0 Å². The van der Waals surface area contributed by atoms with E-state index in [0.29, 0.717) is 23.4 Å². The maximum Gasteiger partial charge on any atom is 0.258 e. The largest absolute Gasteiger partial charge is 0.365 e. The molecule has 1 aliphatic heterocycles. The molecule has 0 bridgehead atoms. The predicted molar refractivity (Wildman–Crippen MR) is 144 cm³/mol. The van der Waals surface area contributed by atoms with Gasteiger partial charge in [0.05, 0.1) is 11.4 Å². The molecule has 0 atom stereocenters. The van der Waals surface area contributed by atoms with Crippen molar-refractivity contribution >= 4 is 28.9 Å². The number of anilines is 3. The van der Waals surface area contributed by atoms with Crippen LogP contribution in [0, 0.1) is 6.92 Å². The van der Waals surface area contributed by atoms with E-state index in [1.165, 1.54) is 0 Å². The lowest BCUT2D eigenvalue weighted by molar-refractivity contribution is 0.0986. The van der Waals surface area contributed by atoms with E-state index in [-0.39, 0.29) is 11.8 Å². The minimum atomic E-state index is -0.165. The van der Waals surface area contributed by atoms with E-state index >= 15 is 0 Å². The van der Waals surface area contributed by atoms with Crippen LogP contribution in [0.1, 0.15) is 38.3 Å². The summed E-state index contributed by atoms with van der Waals surface area (Å²) in [6.45, 7) is 4.13. The van der Waals surface area contributed by atoms with Gasteiger partial charge in [0, 0.05) is 48.8 Å². The highest BCUT2D eigenvalue weighted by Gasteiger charge is 2.25. The van der Waals surface area contributed by atoms with Crippen molar-refractivity contribution in [3.8, 4) is 0 Å². The van der Waals surface area contributed by atoms with Gasteiger partial charge in [0.2, 0.25) is 0 Å². The Bertz CT molecular complexity index is 1370. The molecule has 6 heteroatoms. The molecule has 0 spiro atoms. The maximum absolute atomic E-state index is 13.6. The van der Waals surface area contributed by atoms with E-state index < -0.39 is 0 Å². The number of carbonyl (C=O) groups is 2. The number of benzene rings is 3. The molecule has 1 aliphatic rings. The molecule has 0 radical (unpaired) electrons. The third kappa shape index (κ3) is 4.98. The predicted octanol–water partition coefficient (Wildman–Crippen LogP) is 5.70. The van der Waals surface area contributed by atoms with Crippen molar-refractivity contribution in [2.24, 2.45) is 0 Å². The zero-order valence-corrected chi connectivity index (χ0v) is 20.2. The van der Waals surface area contributed by atoms with Gasteiger partial charge in [0.25, 0.3) is 11.8 Å². The summed E-state index contributed by atoms with van der Waals surface area (Å²) in [5.74, 6) is -0.218. The number of aromatic nitrogens is 1. The fourth-order valence-electron chi connectivity index (χ4n) is 4.59. The van der Waals surface area contributed by atoms with Crippen LogP contribution in [0.15, 0.2) is 97.3 Å². The summed E-state index contributed by atoms with van der Waals surface area (Å²) in [6, 6.07) is 26.7. The van der Waals surface area contributed by atoms with Gasteiger partial charge in [-0.05, 0) is 73.0 Å². The molecule has 0 fully saturated rings. The fourth-order valence-corrected chi connectivity index (χ4v) is 4.59. The average Bonchev–Trinajstić information content (AvgIpc) is 3.09. The van der Waals surface area contributed by atoms with Crippen LogP contribution in [0.2, 0.25) is 0 Å². The highest BCUT2D eigenvalue weighted by atomic mass is 16.2. The maximum atomic E-state index is 13.6. The molecule has 180 valence electrons. The molecule has 4 aromatic rings. The topological polar surface area (TPSA) is 65.5 Å². The standard InChI is InChI=1S/C30H28N4O2/c1-22-8-2-3-10-26(22)29(35)32-25-15-13-24(14-16-25)30(36)34-19-7-18-33(21-23-9-6-17-31-20-23)27-11-4-5-12-28(27)34/h2-6,8-17,20H,7,18-19,21H2,1H3,(H,32,35). The summed E-state index contributed by atoms with van der Waals surface area (Å²) in [4.78, 5) is 34.6. The number of rotatable bonds is 5. The number of nitrogens with one attached hydrogen (secondary N) is 1. The molecule has 1 N–H and O–H groups in total. The third-order valence-corrected chi connectivity index (χ3v) is 6.44. The van der Waals surface area contributed by atoms with Crippen molar-refractivity contribution in [2.45, 2.75) is 19.9 Å². The molecule has 36 heavy (non-hydrogen) atoms. The number of para-hydroxylation sites is 2. The molecular formula is C30H28N4O2. The lowest BCUT2D eigenvalue weighted by Gasteiger charge is -2.27. The first-order valence-corrected chi connectivity index (χ1v) is 12.1. The SMILES string of the molecule is Cc1ccccc1C(=O)Nc1ccc(C(=O)N2CCCN(Cc3cccnc3)c3ccccc32)cc1. The number of pyridine rings is 1. The Hall–Kier alpha value is -4.45. The van der Waals surface area contributed by atoms with Gasteiger partial charge in [0.1, 0.15) is 0 Å². The number of carbonyl (C=O) groups excluding carboxylic acids is 2. The molecule has 2 heterocycles. The minimum Gasteiger partial charge on any atom is -0.365 e. The van der Waals surface area contributed by atoms with Gasteiger partial charge in [0.15, 0.2) is 0 Å². The quantitative estimate of drug-likeness (QED) is 0.401. The summed E-state index contributed by atoms with van der Waals surface area (Å²) in [5.41, 5.74) is 5.86. The van der Waals surface area contributed by atoms with Crippen LogP contribution in [0.4, 0.5) is 17.1 Å². The first-order chi connectivity index (χ1) is 17.6. The van der Waals surface area contributed by atoms with Crippen molar-refractivity contribution < 1.29 is 9.59 Å². The van der Waals surface area contributed by atoms with Crippen LogP contribution < -0.4 is 15.1 Å². The van der Waals surface area contributed by atoms with E-state index in [1.54, 1.807) is 36.5 Å². The fraction of sp³-hybridized carbons (Fsp3) is 0.167. The summed E-state index contributed by atoms with van der Waals surface area (Å²) < 4.78 is 0. The zero-order chi connectivity index (χ0) is 24.9. The van der Waals surface area contributed by atoms with Crippen molar-refractivity contribution in [3.63, 3.8) is 0 Å². The number of hydrogen-bond acceptors (Lipinski definition) is 4. The second-order valence-corrected chi connectivity index (χ2v) is 8.93. The first kappa shape index (κ1) is 23.3. The summed E-state index contributed by atoms with van der Waals surface area (Å²) in [7, 11) is 0. The number of aryl methyl sites for hydroxylation is 1. The lowest BCUT2D eigenvalue weighted by atomic mass is 10.1. The van der Waals surface area contributed by atoms with Crippen LogP contribution in [-0.4, -0.2) is 29.9 Å². The second-order valence-electron chi connectivity index (χ2n) is 8.93. The van der Waals surface area contributed by atoms with E-state index in [1.807, 2.05) is 60.5 Å². The normalized spacial score (nSPS) is 13.0. The summed E-state index contributed by atoms with van der Waals surface area (Å²) in [5, 5.41) is 2.92. The van der Waals surface area contributed by atoms with Gasteiger partial charge in [-0.25, -0.2) is 0 Å². The lowest BCUT2D eigenvalue weighted by Crippen LogP contribution is -2.31. The van der Waals surface area contributed by atoms with Crippen LogP contribution >= 0.6 is 0 Å². The van der Waals surface area contributed by atoms with Crippen molar-refractivity contribution in [1.29, 1.82) is 0 Å². The smallest absolute Gasteiger partial charge is 0.258 e. The molecular weight excluding hydrogens is 448 g/mol. The van der Waals surface area contributed by atoms with Crippen molar-refractivity contribution in [2.75, 3.05) is 28.2 Å². The first-order valence-electron chi connectivity index (χ1n) is 12.1. The second kappa shape index (κ2) is 10.4. The minimum absolute atomic E-state index is 0.0533. The average molecular weight is 477 g/mol. The Morgan fingerprint density at radius 2 is 1.61 bits per heavy atom. The van der Waals surface area contributed by atoms with Crippen molar-refractivity contribution in [3.05, 3.63) is 120 Å². The van der Waals surface area contributed by atoms with Crippen LogP contribution in [0.25, 0.3) is 0 Å². The molecule has 0 unspecified atom stereocenters. The van der Waals surface area contributed by atoms with Crippen LogP contribution in [0.3, 0.4) is 0 Å².